The highest BCUT2D eigenvalue weighted by molar-refractivity contribution is 5.91. The maximum atomic E-state index is 12.2. The molecule has 0 bridgehead atoms. The molecular weight excluding hydrogens is 358 g/mol. The second-order valence-corrected chi connectivity index (χ2v) is 6.91. The molecule has 0 atom stereocenters. The SMILES string of the molecule is CC(=O)Nc1ccc(NC(=O)NCCc2c3c(cc4c2OCC4)OCC3)cc1. The molecule has 2 aromatic carbocycles. The Labute approximate surface area is 163 Å². The Hall–Kier alpha value is -3.22. The van der Waals surface area contributed by atoms with E-state index in [2.05, 4.69) is 22.0 Å². The van der Waals surface area contributed by atoms with Crippen LogP contribution in [0.4, 0.5) is 16.2 Å². The van der Waals surface area contributed by atoms with Crippen molar-refractivity contribution < 1.29 is 19.1 Å². The van der Waals surface area contributed by atoms with Gasteiger partial charge in [-0.05, 0) is 36.8 Å². The lowest BCUT2D eigenvalue weighted by Crippen LogP contribution is -2.30. The van der Waals surface area contributed by atoms with Crippen molar-refractivity contribution in [3.63, 3.8) is 0 Å². The maximum Gasteiger partial charge on any atom is 0.319 e. The third-order valence-corrected chi connectivity index (χ3v) is 4.88. The van der Waals surface area contributed by atoms with Crippen LogP contribution in [-0.2, 0) is 24.1 Å². The molecule has 2 aliphatic rings. The Morgan fingerprint density at radius 1 is 1.00 bits per heavy atom. The molecule has 2 aromatic rings. The molecule has 0 radical (unpaired) electrons. The predicted octanol–water partition coefficient (Wildman–Crippen LogP) is 2.88. The average molecular weight is 381 g/mol. The molecule has 7 heteroatoms. The lowest BCUT2D eigenvalue weighted by molar-refractivity contribution is -0.114. The van der Waals surface area contributed by atoms with E-state index < -0.39 is 0 Å². The minimum atomic E-state index is -0.270. The second kappa shape index (κ2) is 7.80. The highest BCUT2D eigenvalue weighted by Crippen LogP contribution is 2.40. The molecule has 7 nitrogen and oxygen atoms in total. The fourth-order valence-electron chi connectivity index (χ4n) is 3.67. The molecule has 2 aliphatic heterocycles. The van der Waals surface area contributed by atoms with Crippen LogP contribution in [0.3, 0.4) is 0 Å². The Balaban J connectivity index is 1.33. The van der Waals surface area contributed by atoms with Crippen molar-refractivity contribution in [3.05, 3.63) is 47.0 Å². The molecule has 4 rings (SSSR count). The van der Waals surface area contributed by atoms with Gasteiger partial charge in [-0.25, -0.2) is 4.79 Å². The maximum absolute atomic E-state index is 12.2. The van der Waals surface area contributed by atoms with Crippen LogP contribution in [0.2, 0.25) is 0 Å². The minimum absolute atomic E-state index is 0.133. The molecule has 3 amide bonds. The average Bonchev–Trinajstić information content (AvgIpc) is 3.31. The van der Waals surface area contributed by atoms with Crippen LogP contribution in [0, 0.1) is 0 Å². The van der Waals surface area contributed by atoms with Gasteiger partial charge in [0.05, 0.1) is 13.2 Å². The zero-order valence-electron chi connectivity index (χ0n) is 15.8. The second-order valence-electron chi connectivity index (χ2n) is 6.91. The summed E-state index contributed by atoms with van der Waals surface area (Å²) >= 11 is 0. The van der Waals surface area contributed by atoms with E-state index >= 15 is 0 Å². The van der Waals surface area contributed by atoms with Crippen LogP contribution in [0.5, 0.6) is 11.5 Å². The smallest absolute Gasteiger partial charge is 0.319 e. The lowest BCUT2D eigenvalue weighted by atomic mass is 9.97. The number of carbonyl (C=O) groups is 2. The zero-order valence-corrected chi connectivity index (χ0v) is 15.8. The number of urea groups is 1. The highest BCUT2D eigenvalue weighted by atomic mass is 16.5. The summed E-state index contributed by atoms with van der Waals surface area (Å²) in [6, 6.07) is 8.79. The largest absolute Gasteiger partial charge is 0.493 e. The topological polar surface area (TPSA) is 88.7 Å². The van der Waals surface area contributed by atoms with Crippen LogP contribution in [0.1, 0.15) is 23.6 Å². The van der Waals surface area contributed by atoms with E-state index in [1.807, 2.05) is 0 Å². The number of fused-ring (bicyclic) bond motifs is 2. The van der Waals surface area contributed by atoms with Crippen molar-refractivity contribution in [1.82, 2.24) is 5.32 Å². The lowest BCUT2D eigenvalue weighted by Gasteiger charge is -2.14. The highest BCUT2D eigenvalue weighted by Gasteiger charge is 2.26. The van der Waals surface area contributed by atoms with Gasteiger partial charge in [0.25, 0.3) is 0 Å². The Bertz CT molecular complexity index is 877. The Morgan fingerprint density at radius 2 is 1.71 bits per heavy atom. The minimum Gasteiger partial charge on any atom is -0.493 e. The first-order chi connectivity index (χ1) is 13.6. The molecule has 0 aromatic heterocycles. The zero-order chi connectivity index (χ0) is 19.5. The third kappa shape index (κ3) is 3.88. The van der Waals surface area contributed by atoms with E-state index in [1.54, 1.807) is 24.3 Å². The number of rotatable bonds is 5. The van der Waals surface area contributed by atoms with Crippen LogP contribution in [-0.4, -0.2) is 31.7 Å². The van der Waals surface area contributed by atoms with E-state index in [4.69, 9.17) is 9.47 Å². The summed E-state index contributed by atoms with van der Waals surface area (Å²) < 4.78 is 11.6. The van der Waals surface area contributed by atoms with Crippen molar-refractivity contribution in [3.8, 4) is 11.5 Å². The Morgan fingerprint density at radius 3 is 2.46 bits per heavy atom. The first kappa shape index (κ1) is 18.2. The fourth-order valence-corrected chi connectivity index (χ4v) is 3.67. The van der Waals surface area contributed by atoms with Crippen LogP contribution in [0.25, 0.3) is 0 Å². The molecule has 0 saturated carbocycles. The molecule has 146 valence electrons. The number of ether oxygens (including phenoxy) is 2. The molecule has 0 spiro atoms. The number of benzene rings is 2. The van der Waals surface area contributed by atoms with Gasteiger partial charge in [-0.1, -0.05) is 0 Å². The number of anilines is 2. The predicted molar refractivity (Wildman–Crippen MR) is 106 cm³/mol. The number of hydrogen-bond donors (Lipinski definition) is 3. The van der Waals surface area contributed by atoms with Gasteiger partial charge < -0.3 is 25.4 Å². The number of carbonyl (C=O) groups excluding carboxylic acids is 2. The quantitative estimate of drug-likeness (QED) is 0.743. The third-order valence-electron chi connectivity index (χ3n) is 4.88. The molecule has 0 unspecified atom stereocenters. The molecule has 0 fully saturated rings. The summed E-state index contributed by atoms with van der Waals surface area (Å²) in [5, 5.41) is 8.38. The van der Waals surface area contributed by atoms with Crippen LogP contribution < -0.4 is 25.4 Å². The van der Waals surface area contributed by atoms with E-state index in [-0.39, 0.29) is 11.9 Å². The summed E-state index contributed by atoms with van der Waals surface area (Å²) in [7, 11) is 0. The van der Waals surface area contributed by atoms with Crippen LogP contribution in [0.15, 0.2) is 30.3 Å². The van der Waals surface area contributed by atoms with Gasteiger partial charge >= 0.3 is 6.03 Å². The summed E-state index contributed by atoms with van der Waals surface area (Å²) in [6.45, 7) is 3.36. The van der Waals surface area contributed by atoms with Gasteiger partial charge in [0.15, 0.2) is 0 Å². The van der Waals surface area contributed by atoms with E-state index in [1.165, 1.54) is 18.1 Å². The van der Waals surface area contributed by atoms with E-state index in [0.717, 1.165) is 29.9 Å². The molecular formula is C21H23N3O4. The number of nitrogens with one attached hydrogen (secondary N) is 3. The van der Waals surface area contributed by atoms with Crippen molar-refractivity contribution in [2.45, 2.75) is 26.2 Å². The molecule has 28 heavy (non-hydrogen) atoms. The van der Waals surface area contributed by atoms with Gasteiger partial charge in [0, 0.05) is 54.4 Å². The van der Waals surface area contributed by atoms with E-state index in [9.17, 15) is 9.59 Å². The standard InChI is InChI=1S/C21H23N3O4/c1-13(25)23-15-2-4-16(5-3-15)24-21(26)22-9-6-18-17-8-11-27-19(17)12-14-7-10-28-20(14)18/h2-5,12H,6-11H2,1H3,(H,23,25)(H2,22,24,26). The summed E-state index contributed by atoms with van der Waals surface area (Å²) in [5.41, 5.74) is 4.90. The summed E-state index contributed by atoms with van der Waals surface area (Å²) in [5.74, 6) is 1.80. The number of hydrogen-bond acceptors (Lipinski definition) is 4. The normalized spacial score (nSPS) is 13.8. The van der Waals surface area contributed by atoms with Gasteiger partial charge in [-0.15, -0.1) is 0 Å². The van der Waals surface area contributed by atoms with Crippen molar-refractivity contribution >= 4 is 23.3 Å². The summed E-state index contributed by atoms with van der Waals surface area (Å²) in [6.07, 6.45) is 2.49. The Kier molecular flexibility index (Phi) is 5.06. The fraction of sp³-hybridized carbons (Fsp3) is 0.333. The van der Waals surface area contributed by atoms with Crippen molar-refractivity contribution in [2.75, 3.05) is 30.4 Å². The number of amides is 3. The first-order valence-corrected chi connectivity index (χ1v) is 9.46. The van der Waals surface area contributed by atoms with Gasteiger partial charge in [-0.2, -0.15) is 0 Å². The summed E-state index contributed by atoms with van der Waals surface area (Å²) in [4.78, 5) is 23.2. The van der Waals surface area contributed by atoms with Crippen molar-refractivity contribution in [2.24, 2.45) is 0 Å². The monoisotopic (exact) mass is 381 g/mol. The van der Waals surface area contributed by atoms with Gasteiger partial charge in [0.2, 0.25) is 5.91 Å². The molecule has 0 saturated heterocycles. The van der Waals surface area contributed by atoms with E-state index in [0.29, 0.717) is 37.6 Å². The van der Waals surface area contributed by atoms with Crippen molar-refractivity contribution in [1.29, 1.82) is 0 Å². The van der Waals surface area contributed by atoms with Crippen LogP contribution >= 0.6 is 0 Å². The van der Waals surface area contributed by atoms with Gasteiger partial charge in [-0.3, -0.25) is 4.79 Å². The van der Waals surface area contributed by atoms with Gasteiger partial charge in [0.1, 0.15) is 11.5 Å². The molecule has 0 aliphatic carbocycles. The molecule has 2 heterocycles. The molecule has 3 N–H and O–H groups in total. The first-order valence-electron chi connectivity index (χ1n) is 9.46.